The lowest BCUT2D eigenvalue weighted by Crippen LogP contribution is -2.03. The third-order valence-corrected chi connectivity index (χ3v) is 1.01. The van der Waals surface area contributed by atoms with Crippen molar-refractivity contribution in [3.8, 4) is 0 Å². The molecule has 0 saturated heterocycles. The van der Waals surface area contributed by atoms with E-state index in [0.29, 0.717) is 11.8 Å². The monoisotopic (exact) mass is 131 g/mol. The fraction of sp³-hybridized carbons (Fsp3) is 0.857. The van der Waals surface area contributed by atoms with E-state index in [1.54, 1.807) is 0 Å². The first-order valence-corrected chi connectivity index (χ1v) is 3.00. The maximum Gasteiger partial charge on any atom is 0.120 e. The van der Waals surface area contributed by atoms with Crippen molar-refractivity contribution in [2.24, 2.45) is 5.41 Å². The summed E-state index contributed by atoms with van der Waals surface area (Å²) in [7, 11) is 0. The van der Waals surface area contributed by atoms with E-state index in [-0.39, 0.29) is 6.15 Å². The van der Waals surface area contributed by atoms with Crippen LogP contribution in [0.15, 0.2) is 0 Å². The molecule has 0 aromatic heterocycles. The van der Waals surface area contributed by atoms with Gasteiger partial charge < -0.3 is 10.9 Å². The van der Waals surface area contributed by atoms with Crippen molar-refractivity contribution in [1.82, 2.24) is 6.15 Å². The molecular formula is C7H17NO. The van der Waals surface area contributed by atoms with Crippen molar-refractivity contribution in [2.75, 3.05) is 0 Å². The van der Waals surface area contributed by atoms with Gasteiger partial charge in [-0.2, -0.15) is 0 Å². The average molecular weight is 131 g/mol. The highest BCUT2D eigenvalue weighted by Gasteiger charge is 2.07. The molecule has 0 aromatic carbocycles. The zero-order valence-electron chi connectivity index (χ0n) is 6.61. The van der Waals surface area contributed by atoms with Crippen molar-refractivity contribution in [1.29, 1.82) is 0 Å². The predicted molar refractivity (Wildman–Crippen MR) is 39.8 cm³/mol. The largest absolute Gasteiger partial charge is 0.344 e. The van der Waals surface area contributed by atoms with E-state index in [0.717, 1.165) is 12.7 Å². The predicted octanol–water partition coefficient (Wildman–Crippen LogP) is 2.17. The molecule has 56 valence electrons. The summed E-state index contributed by atoms with van der Waals surface area (Å²) >= 11 is 0. The van der Waals surface area contributed by atoms with Crippen molar-refractivity contribution < 1.29 is 4.79 Å². The topological polar surface area (TPSA) is 52.1 Å². The molecule has 9 heavy (non-hydrogen) atoms. The number of rotatable bonds is 2. The third-order valence-electron chi connectivity index (χ3n) is 1.01. The average Bonchev–Trinajstić information content (AvgIpc) is 1.59. The fourth-order valence-electron chi connectivity index (χ4n) is 0.492. The second kappa shape index (κ2) is 4.50. The lowest BCUT2D eigenvalue weighted by molar-refractivity contribution is -0.108. The first kappa shape index (κ1) is 11.4. The maximum absolute atomic E-state index is 9.85. The summed E-state index contributed by atoms with van der Waals surface area (Å²) in [5.74, 6) is 0. The Labute approximate surface area is 57.2 Å². The molecule has 0 saturated carbocycles. The minimum atomic E-state index is 0. The van der Waals surface area contributed by atoms with Gasteiger partial charge in [-0.15, -0.1) is 0 Å². The van der Waals surface area contributed by atoms with E-state index in [2.05, 4.69) is 20.8 Å². The molecule has 0 rings (SSSR count). The number of carbonyl (C=O) groups is 1. The third kappa shape index (κ3) is 11.3. The van der Waals surface area contributed by atoms with Crippen LogP contribution in [-0.4, -0.2) is 6.29 Å². The Balaban J connectivity index is 0. The van der Waals surface area contributed by atoms with Gasteiger partial charge in [0, 0.05) is 6.42 Å². The normalized spacial score (nSPS) is 10.1. The molecule has 0 amide bonds. The van der Waals surface area contributed by atoms with Gasteiger partial charge in [0.1, 0.15) is 6.29 Å². The van der Waals surface area contributed by atoms with Crippen LogP contribution < -0.4 is 6.15 Å². The van der Waals surface area contributed by atoms with Gasteiger partial charge in [0.25, 0.3) is 0 Å². The van der Waals surface area contributed by atoms with E-state index in [1.165, 1.54) is 0 Å². The Bertz CT molecular complexity index is 73.5. The molecule has 0 atom stereocenters. The van der Waals surface area contributed by atoms with E-state index in [9.17, 15) is 4.79 Å². The number of hydrogen-bond acceptors (Lipinski definition) is 2. The second-order valence-electron chi connectivity index (χ2n) is 3.27. The molecule has 0 heterocycles. The van der Waals surface area contributed by atoms with Gasteiger partial charge in [-0.25, -0.2) is 0 Å². The summed E-state index contributed by atoms with van der Waals surface area (Å²) in [6.07, 6.45) is 2.67. The molecule has 0 aliphatic heterocycles. The zero-order valence-corrected chi connectivity index (χ0v) is 6.61. The van der Waals surface area contributed by atoms with Crippen LogP contribution in [0.3, 0.4) is 0 Å². The minimum Gasteiger partial charge on any atom is -0.344 e. The zero-order chi connectivity index (χ0) is 6.62. The summed E-state index contributed by atoms with van der Waals surface area (Å²) in [6.45, 7) is 6.41. The maximum atomic E-state index is 9.85. The van der Waals surface area contributed by atoms with Gasteiger partial charge >= 0.3 is 0 Å². The van der Waals surface area contributed by atoms with Crippen LogP contribution in [0.2, 0.25) is 0 Å². The molecule has 3 N–H and O–H groups in total. The minimum absolute atomic E-state index is 0. The van der Waals surface area contributed by atoms with E-state index in [1.807, 2.05) is 0 Å². The number of aldehydes is 1. The van der Waals surface area contributed by atoms with Crippen molar-refractivity contribution in [3.63, 3.8) is 0 Å². The van der Waals surface area contributed by atoms with Crippen LogP contribution in [-0.2, 0) is 4.79 Å². The highest BCUT2D eigenvalue weighted by Crippen LogP contribution is 2.18. The quantitative estimate of drug-likeness (QED) is 0.584. The Hall–Kier alpha value is -0.370. The van der Waals surface area contributed by atoms with Crippen LogP contribution in [0.4, 0.5) is 0 Å². The molecular weight excluding hydrogens is 114 g/mol. The molecule has 0 aliphatic rings. The van der Waals surface area contributed by atoms with Crippen LogP contribution in [0.25, 0.3) is 0 Å². The van der Waals surface area contributed by atoms with Gasteiger partial charge in [-0.3, -0.25) is 0 Å². The summed E-state index contributed by atoms with van der Waals surface area (Å²) in [5.41, 5.74) is 0.320. The lowest BCUT2D eigenvalue weighted by Gasteiger charge is -2.14. The highest BCUT2D eigenvalue weighted by molar-refractivity contribution is 5.49. The molecule has 0 aromatic rings. The van der Waals surface area contributed by atoms with Crippen molar-refractivity contribution >= 4 is 6.29 Å². The summed E-state index contributed by atoms with van der Waals surface area (Å²) < 4.78 is 0. The Morgan fingerprint density at radius 1 is 1.33 bits per heavy atom. The van der Waals surface area contributed by atoms with E-state index >= 15 is 0 Å². The first-order chi connectivity index (χ1) is 3.56. The molecule has 2 heteroatoms. The first-order valence-electron chi connectivity index (χ1n) is 3.00. The van der Waals surface area contributed by atoms with Crippen molar-refractivity contribution in [3.05, 3.63) is 0 Å². The summed E-state index contributed by atoms with van der Waals surface area (Å²) in [4.78, 5) is 9.85. The second-order valence-corrected chi connectivity index (χ2v) is 3.27. The Morgan fingerprint density at radius 3 is 1.89 bits per heavy atom. The van der Waals surface area contributed by atoms with Gasteiger partial charge in [0.2, 0.25) is 0 Å². The molecule has 0 spiro atoms. The van der Waals surface area contributed by atoms with Gasteiger partial charge in [0.05, 0.1) is 0 Å². The van der Waals surface area contributed by atoms with Gasteiger partial charge in [-0.05, 0) is 11.8 Å². The molecule has 0 aliphatic carbocycles. The van der Waals surface area contributed by atoms with E-state index in [4.69, 9.17) is 0 Å². The Morgan fingerprint density at radius 2 is 1.78 bits per heavy atom. The van der Waals surface area contributed by atoms with Crippen LogP contribution in [0, 0.1) is 5.41 Å². The molecule has 2 nitrogen and oxygen atoms in total. The summed E-state index contributed by atoms with van der Waals surface area (Å²) in [5, 5.41) is 0. The van der Waals surface area contributed by atoms with Gasteiger partial charge in [0.15, 0.2) is 0 Å². The smallest absolute Gasteiger partial charge is 0.120 e. The van der Waals surface area contributed by atoms with Crippen molar-refractivity contribution in [2.45, 2.75) is 33.6 Å². The molecule has 0 unspecified atom stereocenters. The number of carbonyl (C=O) groups excluding carboxylic acids is 1. The Kier molecular flexibility index (Phi) is 5.72. The van der Waals surface area contributed by atoms with Gasteiger partial charge in [-0.1, -0.05) is 20.8 Å². The van der Waals surface area contributed by atoms with E-state index < -0.39 is 0 Å². The summed E-state index contributed by atoms with van der Waals surface area (Å²) in [6, 6.07) is 0. The molecule has 0 fully saturated rings. The lowest BCUT2D eigenvalue weighted by atomic mass is 9.91. The van der Waals surface area contributed by atoms with Crippen LogP contribution >= 0.6 is 0 Å². The fourth-order valence-corrected chi connectivity index (χ4v) is 0.492. The molecule has 0 radical (unpaired) electrons. The standard InChI is InChI=1S/C7H14O.H3N/c1-7(2,3)5-4-6-8;/h6H,4-5H2,1-3H3;1H3. The molecule has 0 bridgehead atoms. The SMILES string of the molecule is CC(C)(C)CCC=O.N. The number of hydrogen-bond donors (Lipinski definition) is 1. The van der Waals surface area contributed by atoms with Crippen LogP contribution in [0.1, 0.15) is 33.6 Å². The highest BCUT2D eigenvalue weighted by atomic mass is 16.1. The van der Waals surface area contributed by atoms with Crippen LogP contribution in [0.5, 0.6) is 0 Å².